The predicted octanol–water partition coefficient (Wildman–Crippen LogP) is 2.25. The van der Waals surface area contributed by atoms with Crippen molar-refractivity contribution in [1.82, 2.24) is 4.90 Å². The fourth-order valence-electron chi connectivity index (χ4n) is 3.36. The summed E-state index contributed by atoms with van der Waals surface area (Å²) in [5.41, 5.74) is 5.47. The zero-order valence-corrected chi connectivity index (χ0v) is 12.1. The molecular weight excluding hydrogens is 244 g/mol. The topological polar surface area (TPSA) is 46.3 Å². The molecule has 2 unspecified atom stereocenters. The lowest BCUT2D eigenvalue weighted by Crippen LogP contribution is -2.50. The van der Waals surface area contributed by atoms with Crippen molar-refractivity contribution in [2.24, 2.45) is 11.7 Å². The second-order valence-electron chi connectivity index (χ2n) is 5.54. The van der Waals surface area contributed by atoms with Crippen molar-refractivity contribution >= 4 is 17.7 Å². The summed E-state index contributed by atoms with van der Waals surface area (Å²) in [4.78, 5) is 14.5. The lowest BCUT2D eigenvalue weighted by atomic mass is 9.78. The molecule has 1 saturated carbocycles. The number of carbonyl (C=O) groups is 1. The van der Waals surface area contributed by atoms with Gasteiger partial charge in [-0.1, -0.05) is 12.8 Å². The van der Waals surface area contributed by atoms with Crippen molar-refractivity contribution in [3.05, 3.63) is 0 Å². The fraction of sp³-hybridized carbons (Fsp3) is 0.929. The highest BCUT2D eigenvalue weighted by Gasteiger charge is 2.35. The molecule has 0 spiro atoms. The number of hydrogen-bond donors (Lipinski definition) is 1. The van der Waals surface area contributed by atoms with Crippen LogP contribution in [0.25, 0.3) is 0 Å². The van der Waals surface area contributed by atoms with E-state index in [-0.39, 0.29) is 0 Å². The van der Waals surface area contributed by atoms with E-state index in [0.717, 1.165) is 31.2 Å². The molecule has 18 heavy (non-hydrogen) atoms. The Hall–Kier alpha value is -0.220. The molecule has 2 N–H and O–H groups in total. The highest BCUT2D eigenvalue weighted by molar-refractivity contribution is 7.99. The number of amides is 1. The first-order valence-corrected chi connectivity index (χ1v) is 8.55. The Morgan fingerprint density at radius 1 is 1.22 bits per heavy atom. The summed E-state index contributed by atoms with van der Waals surface area (Å²) in [5.74, 6) is 2.84. The number of nitrogens with two attached hydrogens (primary N) is 1. The number of thioether (sulfide) groups is 1. The van der Waals surface area contributed by atoms with E-state index in [2.05, 4.69) is 4.90 Å². The molecule has 4 heteroatoms. The van der Waals surface area contributed by atoms with Gasteiger partial charge in [0, 0.05) is 12.6 Å². The molecule has 3 nitrogen and oxygen atoms in total. The van der Waals surface area contributed by atoms with Crippen molar-refractivity contribution in [2.45, 2.75) is 51.0 Å². The number of hydrogen-bond acceptors (Lipinski definition) is 3. The van der Waals surface area contributed by atoms with E-state index in [1.165, 1.54) is 38.5 Å². The van der Waals surface area contributed by atoms with E-state index < -0.39 is 0 Å². The summed E-state index contributed by atoms with van der Waals surface area (Å²) in [7, 11) is 0. The lowest BCUT2D eigenvalue weighted by molar-refractivity contribution is -0.134. The van der Waals surface area contributed by atoms with Gasteiger partial charge in [0.05, 0.1) is 5.75 Å². The van der Waals surface area contributed by atoms with Gasteiger partial charge in [0.2, 0.25) is 5.91 Å². The molecular formula is C14H26N2OS. The van der Waals surface area contributed by atoms with Crippen LogP contribution in [-0.2, 0) is 4.79 Å². The second-order valence-corrected chi connectivity index (χ2v) is 6.64. The maximum Gasteiger partial charge on any atom is 0.232 e. The molecule has 1 amide bonds. The third-order valence-corrected chi connectivity index (χ3v) is 5.31. The summed E-state index contributed by atoms with van der Waals surface area (Å²) >= 11 is 1.75. The van der Waals surface area contributed by atoms with Gasteiger partial charge in [-0.15, -0.1) is 0 Å². The standard InChI is InChI=1S/C14H26N2OS/c15-8-4-10-18-11-14(17)16-9-3-6-12-5-1-2-7-13(12)16/h12-13H,1-11,15H2. The van der Waals surface area contributed by atoms with Crippen molar-refractivity contribution in [3.8, 4) is 0 Å². The van der Waals surface area contributed by atoms with Gasteiger partial charge < -0.3 is 10.6 Å². The van der Waals surface area contributed by atoms with Gasteiger partial charge in [-0.25, -0.2) is 0 Å². The molecule has 2 rings (SSSR count). The highest BCUT2D eigenvalue weighted by atomic mass is 32.2. The SMILES string of the molecule is NCCCSCC(=O)N1CCCC2CCCCC21. The Bertz CT molecular complexity index is 271. The van der Waals surface area contributed by atoms with Gasteiger partial charge in [0.15, 0.2) is 0 Å². The average Bonchev–Trinajstić information content (AvgIpc) is 2.43. The van der Waals surface area contributed by atoms with Gasteiger partial charge in [-0.05, 0) is 50.3 Å². The quantitative estimate of drug-likeness (QED) is 0.779. The summed E-state index contributed by atoms with van der Waals surface area (Å²) in [6, 6.07) is 0.565. The number of fused-ring (bicyclic) bond motifs is 1. The maximum atomic E-state index is 12.3. The van der Waals surface area contributed by atoms with E-state index >= 15 is 0 Å². The van der Waals surface area contributed by atoms with Gasteiger partial charge in [-0.3, -0.25) is 4.79 Å². The zero-order valence-electron chi connectivity index (χ0n) is 11.3. The smallest absolute Gasteiger partial charge is 0.232 e. The third kappa shape index (κ3) is 3.64. The summed E-state index contributed by atoms with van der Waals surface area (Å²) in [6.45, 7) is 1.73. The van der Waals surface area contributed by atoms with Gasteiger partial charge in [0.25, 0.3) is 0 Å². The number of rotatable bonds is 5. The lowest BCUT2D eigenvalue weighted by Gasteiger charge is -2.44. The van der Waals surface area contributed by atoms with Crippen molar-refractivity contribution in [2.75, 3.05) is 24.6 Å². The van der Waals surface area contributed by atoms with Crippen LogP contribution in [0.3, 0.4) is 0 Å². The molecule has 2 aliphatic rings. The molecule has 0 bridgehead atoms. The molecule has 1 saturated heterocycles. The first-order valence-electron chi connectivity index (χ1n) is 7.40. The molecule has 0 aromatic rings. The monoisotopic (exact) mass is 270 g/mol. The van der Waals surface area contributed by atoms with Crippen molar-refractivity contribution < 1.29 is 4.79 Å². The Morgan fingerprint density at radius 3 is 2.83 bits per heavy atom. The Kier molecular flexibility index (Phi) is 5.83. The third-order valence-electron chi connectivity index (χ3n) is 4.28. The molecule has 0 radical (unpaired) electrons. The van der Waals surface area contributed by atoms with Gasteiger partial charge in [0.1, 0.15) is 0 Å². The van der Waals surface area contributed by atoms with Crippen LogP contribution in [0.1, 0.15) is 44.9 Å². The Morgan fingerprint density at radius 2 is 2.00 bits per heavy atom. The van der Waals surface area contributed by atoms with Crippen LogP contribution in [0.2, 0.25) is 0 Å². The van der Waals surface area contributed by atoms with Crippen LogP contribution >= 0.6 is 11.8 Å². The van der Waals surface area contributed by atoms with Crippen LogP contribution in [-0.4, -0.2) is 41.4 Å². The van der Waals surface area contributed by atoms with Crippen LogP contribution in [0.5, 0.6) is 0 Å². The highest BCUT2D eigenvalue weighted by Crippen LogP contribution is 2.35. The average molecular weight is 270 g/mol. The van der Waals surface area contributed by atoms with Crippen LogP contribution in [0.4, 0.5) is 0 Å². The first-order chi connectivity index (χ1) is 8.83. The fourth-order valence-corrected chi connectivity index (χ4v) is 4.22. The van der Waals surface area contributed by atoms with E-state index in [1.807, 2.05) is 0 Å². The number of likely N-dealkylation sites (tertiary alicyclic amines) is 1. The number of piperidine rings is 1. The normalized spacial score (nSPS) is 27.9. The summed E-state index contributed by atoms with van der Waals surface area (Å²) < 4.78 is 0. The van der Waals surface area contributed by atoms with E-state index in [4.69, 9.17) is 5.73 Å². The molecule has 1 heterocycles. The zero-order chi connectivity index (χ0) is 12.8. The maximum absolute atomic E-state index is 12.3. The minimum atomic E-state index is 0.369. The first kappa shape index (κ1) is 14.2. The summed E-state index contributed by atoms with van der Waals surface area (Å²) in [6.07, 6.45) is 8.83. The molecule has 0 aromatic carbocycles. The number of carbonyl (C=O) groups excluding carboxylic acids is 1. The van der Waals surface area contributed by atoms with Crippen LogP contribution in [0, 0.1) is 5.92 Å². The van der Waals surface area contributed by atoms with Crippen molar-refractivity contribution in [3.63, 3.8) is 0 Å². The summed E-state index contributed by atoms with van der Waals surface area (Å²) in [5, 5.41) is 0. The molecule has 1 aliphatic heterocycles. The number of nitrogens with zero attached hydrogens (tertiary/aromatic N) is 1. The van der Waals surface area contributed by atoms with Gasteiger partial charge >= 0.3 is 0 Å². The minimum Gasteiger partial charge on any atom is -0.339 e. The van der Waals surface area contributed by atoms with E-state index in [9.17, 15) is 4.79 Å². The van der Waals surface area contributed by atoms with Crippen LogP contribution < -0.4 is 5.73 Å². The van der Waals surface area contributed by atoms with Crippen molar-refractivity contribution in [1.29, 1.82) is 0 Å². The Labute approximate surface area is 115 Å². The predicted molar refractivity (Wildman–Crippen MR) is 77.7 cm³/mol. The molecule has 0 aromatic heterocycles. The second kappa shape index (κ2) is 7.39. The molecule has 104 valence electrons. The van der Waals surface area contributed by atoms with Crippen LogP contribution in [0.15, 0.2) is 0 Å². The van der Waals surface area contributed by atoms with E-state index in [0.29, 0.717) is 17.7 Å². The Balaban J connectivity index is 1.80. The molecule has 1 aliphatic carbocycles. The van der Waals surface area contributed by atoms with Gasteiger partial charge in [-0.2, -0.15) is 11.8 Å². The molecule has 2 atom stereocenters. The van der Waals surface area contributed by atoms with E-state index in [1.54, 1.807) is 11.8 Å². The molecule has 2 fully saturated rings. The largest absolute Gasteiger partial charge is 0.339 e. The minimum absolute atomic E-state index is 0.369.